The van der Waals surface area contributed by atoms with Crippen LogP contribution < -0.4 is 5.32 Å². The van der Waals surface area contributed by atoms with Crippen molar-refractivity contribution in [1.82, 2.24) is 15.5 Å². The van der Waals surface area contributed by atoms with Crippen molar-refractivity contribution >= 4 is 0 Å². The second-order valence-corrected chi connectivity index (χ2v) is 5.33. The molecule has 0 unspecified atom stereocenters. The maximum atomic E-state index is 5.43. The minimum atomic E-state index is 0.300. The first-order chi connectivity index (χ1) is 8.43. The normalized spacial score (nSPS) is 27.2. The lowest BCUT2D eigenvalue weighted by atomic mass is 9.89. The summed E-state index contributed by atoms with van der Waals surface area (Å²) in [5.41, 5.74) is 0. The van der Waals surface area contributed by atoms with Gasteiger partial charge in [-0.2, -0.15) is 4.98 Å². The fourth-order valence-corrected chi connectivity index (χ4v) is 2.98. The van der Waals surface area contributed by atoms with E-state index in [9.17, 15) is 0 Å². The largest absolute Gasteiger partial charge is 0.338 e. The van der Waals surface area contributed by atoms with Crippen molar-refractivity contribution in [2.24, 2.45) is 0 Å². The van der Waals surface area contributed by atoms with Crippen molar-refractivity contribution in [2.45, 2.75) is 63.3 Å². The molecule has 2 heterocycles. The van der Waals surface area contributed by atoms with Crippen molar-refractivity contribution in [3.63, 3.8) is 0 Å². The highest BCUT2D eigenvalue weighted by Crippen LogP contribution is 2.32. The molecule has 1 aromatic heterocycles. The third kappa shape index (κ3) is 2.51. The standard InChI is InChI=1S/C13H21N3O/c1-2-6-10(7-3-1)12-15-13(17-16-12)11-8-4-5-9-14-11/h10-11,14H,1-9H2/t11-/m1/s1. The molecule has 0 radical (unpaired) electrons. The molecule has 2 fully saturated rings. The van der Waals surface area contributed by atoms with Crippen LogP contribution >= 0.6 is 0 Å². The predicted octanol–water partition coefficient (Wildman–Crippen LogP) is 2.93. The molecule has 0 aromatic carbocycles. The van der Waals surface area contributed by atoms with Gasteiger partial charge < -0.3 is 9.84 Å². The number of nitrogens with zero attached hydrogens (tertiary/aromatic N) is 2. The molecule has 0 amide bonds. The van der Waals surface area contributed by atoms with Crippen LogP contribution in [-0.4, -0.2) is 16.7 Å². The molecule has 4 nitrogen and oxygen atoms in total. The van der Waals surface area contributed by atoms with Crippen LogP contribution in [0.3, 0.4) is 0 Å². The third-order valence-electron chi connectivity index (χ3n) is 4.04. The number of hydrogen-bond donors (Lipinski definition) is 1. The average Bonchev–Trinajstić information content (AvgIpc) is 2.90. The van der Waals surface area contributed by atoms with Crippen LogP contribution in [0, 0.1) is 0 Å². The van der Waals surface area contributed by atoms with E-state index in [1.807, 2.05) is 0 Å². The van der Waals surface area contributed by atoms with Crippen molar-refractivity contribution in [3.8, 4) is 0 Å². The average molecular weight is 235 g/mol. The number of aromatic nitrogens is 2. The second-order valence-electron chi connectivity index (χ2n) is 5.33. The zero-order chi connectivity index (χ0) is 11.5. The molecule has 4 heteroatoms. The van der Waals surface area contributed by atoms with E-state index in [1.165, 1.54) is 44.9 Å². The molecule has 0 spiro atoms. The van der Waals surface area contributed by atoms with Crippen LogP contribution in [0.5, 0.6) is 0 Å². The van der Waals surface area contributed by atoms with E-state index in [-0.39, 0.29) is 0 Å². The SMILES string of the molecule is C1CCC(c2noc([C@H]3CCCCN3)n2)CC1. The Morgan fingerprint density at radius 3 is 2.59 bits per heavy atom. The molecule has 94 valence electrons. The summed E-state index contributed by atoms with van der Waals surface area (Å²) >= 11 is 0. The summed E-state index contributed by atoms with van der Waals surface area (Å²) in [5, 5.41) is 7.64. The summed E-state index contributed by atoms with van der Waals surface area (Å²) in [6.45, 7) is 1.08. The first-order valence-corrected chi connectivity index (χ1v) is 7.00. The topological polar surface area (TPSA) is 51.0 Å². The minimum absolute atomic E-state index is 0.300. The van der Waals surface area contributed by atoms with Crippen LogP contribution in [0.2, 0.25) is 0 Å². The Hall–Kier alpha value is -0.900. The summed E-state index contributed by atoms with van der Waals surface area (Å²) in [6.07, 6.45) is 10.1. The molecule has 1 aliphatic heterocycles. The van der Waals surface area contributed by atoms with Gasteiger partial charge in [-0.1, -0.05) is 30.8 Å². The maximum Gasteiger partial charge on any atom is 0.243 e. The Balaban J connectivity index is 1.68. The van der Waals surface area contributed by atoms with Crippen molar-refractivity contribution < 1.29 is 4.52 Å². The summed E-state index contributed by atoms with van der Waals surface area (Å²) < 4.78 is 5.43. The third-order valence-corrected chi connectivity index (χ3v) is 4.04. The lowest BCUT2D eigenvalue weighted by molar-refractivity contribution is 0.293. The first kappa shape index (κ1) is 11.2. The van der Waals surface area contributed by atoms with E-state index in [4.69, 9.17) is 4.52 Å². The van der Waals surface area contributed by atoms with Crippen LogP contribution in [0.1, 0.15) is 75.0 Å². The predicted molar refractivity (Wildman–Crippen MR) is 64.7 cm³/mol. The van der Waals surface area contributed by atoms with E-state index < -0.39 is 0 Å². The molecule has 0 bridgehead atoms. The Bertz CT molecular complexity index is 319. The highest BCUT2D eigenvalue weighted by atomic mass is 16.5. The van der Waals surface area contributed by atoms with Gasteiger partial charge in [0.15, 0.2) is 5.82 Å². The highest BCUT2D eigenvalue weighted by molar-refractivity contribution is 5.00. The molecule has 1 N–H and O–H groups in total. The number of rotatable bonds is 2. The fraction of sp³-hybridized carbons (Fsp3) is 0.846. The second kappa shape index (κ2) is 5.17. The van der Waals surface area contributed by atoms with Gasteiger partial charge >= 0.3 is 0 Å². The summed E-state index contributed by atoms with van der Waals surface area (Å²) in [5.74, 6) is 2.31. The van der Waals surface area contributed by atoms with Gasteiger partial charge in [0.05, 0.1) is 6.04 Å². The van der Waals surface area contributed by atoms with Crippen molar-refractivity contribution in [3.05, 3.63) is 11.7 Å². The fourth-order valence-electron chi connectivity index (χ4n) is 2.98. The highest BCUT2D eigenvalue weighted by Gasteiger charge is 2.25. The van der Waals surface area contributed by atoms with Gasteiger partial charge in [0.2, 0.25) is 5.89 Å². The number of hydrogen-bond acceptors (Lipinski definition) is 4. The van der Waals surface area contributed by atoms with Gasteiger partial charge in [-0.15, -0.1) is 0 Å². The Morgan fingerprint density at radius 2 is 1.82 bits per heavy atom. The van der Waals surface area contributed by atoms with E-state index in [0.29, 0.717) is 12.0 Å². The van der Waals surface area contributed by atoms with Gasteiger partial charge in [-0.3, -0.25) is 0 Å². The van der Waals surface area contributed by atoms with Crippen LogP contribution in [0.15, 0.2) is 4.52 Å². The van der Waals surface area contributed by atoms with Gasteiger partial charge in [-0.25, -0.2) is 0 Å². The van der Waals surface area contributed by atoms with E-state index >= 15 is 0 Å². The molecule has 3 rings (SSSR count). The van der Waals surface area contributed by atoms with Gasteiger partial charge in [-0.05, 0) is 32.2 Å². The quantitative estimate of drug-likeness (QED) is 0.856. The van der Waals surface area contributed by atoms with Crippen molar-refractivity contribution in [2.75, 3.05) is 6.54 Å². The summed E-state index contributed by atoms with van der Waals surface area (Å²) in [6, 6.07) is 0.300. The summed E-state index contributed by atoms with van der Waals surface area (Å²) in [7, 11) is 0. The molecule has 1 aliphatic carbocycles. The lowest BCUT2D eigenvalue weighted by Gasteiger charge is -2.20. The molecule has 1 saturated carbocycles. The first-order valence-electron chi connectivity index (χ1n) is 7.00. The molecule has 1 saturated heterocycles. The maximum absolute atomic E-state index is 5.43. The van der Waals surface area contributed by atoms with Crippen LogP contribution in [0.25, 0.3) is 0 Å². The molecular formula is C13H21N3O. The van der Waals surface area contributed by atoms with Crippen LogP contribution in [-0.2, 0) is 0 Å². The Labute approximate surface area is 102 Å². The van der Waals surface area contributed by atoms with Crippen molar-refractivity contribution in [1.29, 1.82) is 0 Å². The molecule has 1 aromatic rings. The van der Waals surface area contributed by atoms with E-state index in [1.54, 1.807) is 0 Å². The zero-order valence-electron chi connectivity index (χ0n) is 10.3. The zero-order valence-corrected chi connectivity index (χ0v) is 10.3. The lowest BCUT2D eigenvalue weighted by Crippen LogP contribution is -2.27. The van der Waals surface area contributed by atoms with Gasteiger partial charge in [0, 0.05) is 5.92 Å². The van der Waals surface area contributed by atoms with Crippen LogP contribution in [0.4, 0.5) is 0 Å². The molecule has 17 heavy (non-hydrogen) atoms. The van der Waals surface area contributed by atoms with E-state index in [0.717, 1.165) is 24.7 Å². The minimum Gasteiger partial charge on any atom is -0.338 e. The molecule has 1 atom stereocenters. The smallest absolute Gasteiger partial charge is 0.243 e. The molecule has 2 aliphatic rings. The van der Waals surface area contributed by atoms with Gasteiger partial charge in [0.1, 0.15) is 0 Å². The Morgan fingerprint density at radius 1 is 1.00 bits per heavy atom. The number of nitrogens with one attached hydrogen (secondary N) is 1. The molecular weight excluding hydrogens is 214 g/mol. The Kier molecular flexibility index (Phi) is 3.41. The van der Waals surface area contributed by atoms with E-state index in [2.05, 4.69) is 15.5 Å². The monoisotopic (exact) mass is 235 g/mol. The summed E-state index contributed by atoms with van der Waals surface area (Å²) in [4.78, 5) is 4.62. The van der Waals surface area contributed by atoms with Gasteiger partial charge in [0.25, 0.3) is 0 Å². The number of piperidine rings is 1.